The van der Waals surface area contributed by atoms with Crippen molar-refractivity contribution in [3.05, 3.63) is 57.6 Å². The van der Waals surface area contributed by atoms with Gasteiger partial charge in [0.2, 0.25) is 0 Å². The summed E-state index contributed by atoms with van der Waals surface area (Å²) < 4.78 is 0. The first-order chi connectivity index (χ1) is 14.6. The van der Waals surface area contributed by atoms with Gasteiger partial charge in [-0.25, -0.2) is 0 Å². The number of hydrogen-bond donors (Lipinski definition) is 3. The number of anilines is 2. The average molecular weight is 538 g/mol. The maximum Gasteiger partial charge on any atom is 3.00 e. The van der Waals surface area contributed by atoms with E-state index in [9.17, 15) is 0 Å². The number of halogens is 2. The van der Waals surface area contributed by atoms with E-state index in [1.54, 1.807) is 0 Å². The maximum absolute atomic E-state index is 3.70. The molecular formula is C27H42Cl2CoN3. The molecule has 0 amide bonds. The molecular weight excluding hydrogens is 496 g/mol. The van der Waals surface area contributed by atoms with Crippen molar-refractivity contribution in [2.24, 2.45) is 0 Å². The first kappa shape index (κ1) is 34.3. The standard InChI is InChI=1S/C27H42N3.2ClH.Co/c1-7-20-15-22(9-3)26(23(10-4)16-20)29-14-13-28-19-30-27-24(11-5)17-21(8-2)18-25(27)12-6;;;/h15-17,28-30H,7-14,19H2,1-6H3;2*1H;/q-1;;;+3/p-2. The monoisotopic (exact) mass is 537 g/mol. The van der Waals surface area contributed by atoms with E-state index in [0.717, 1.165) is 58.3 Å². The minimum absolute atomic E-state index is 0. The molecule has 0 aliphatic rings. The minimum atomic E-state index is 0. The molecule has 0 fully saturated rings. The van der Waals surface area contributed by atoms with Crippen LogP contribution in [0.1, 0.15) is 74.9 Å². The Bertz CT molecular complexity index is 694. The Morgan fingerprint density at radius 3 is 1.70 bits per heavy atom. The van der Waals surface area contributed by atoms with E-state index in [2.05, 4.69) is 81.8 Å². The van der Waals surface area contributed by atoms with E-state index in [1.165, 1.54) is 44.8 Å². The summed E-state index contributed by atoms with van der Waals surface area (Å²) in [6, 6.07) is 10.6. The van der Waals surface area contributed by atoms with Gasteiger partial charge in [-0.2, -0.15) is 17.7 Å². The van der Waals surface area contributed by atoms with Crippen molar-refractivity contribution in [1.29, 1.82) is 0 Å². The fraction of sp³-hybridized carbons (Fsp3) is 0.556. The van der Waals surface area contributed by atoms with Gasteiger partial charge in [0.25, 0.3) is 0 Å². The van der Waals surface area contributed by atoms with Crippen LogP contribution < -0.4 is 40.8 Å². The first-order valence-corrected chi connectivity index (χ1v) is 12.0. The van der Waals surface area contributed by atoms with Gasteiger partial charge in [0.15, 0.2) is 0 Å². The van der Waals surface area contributed by atoms with Crippen LogP contribution in [0, 0.1) is 6.07 Å². The van der Waals surface area contributed by atoms with Crippen molar-refractivity contribution in [2.75, 3.05) is 30.4 Å². The number of benzene rings is 2. The minimum Gasteiger partial charge on any atom is -1.00 e. The van der Waals surface area contributed by atoms with Gasteiger partial charge < -0.3 is 35.4 Å². The predicted octanol–water partition coefficient (Wildman–Crippen LogP) is -0.0622. The normalized spacial score (nSPS) is 10.0. The SMILES string of the molecule is CCc1[c-]c(CC)c(NCNCCNc2c(CC)cc(CC)cc2CC)c(CC)c1.[Cl-].[Cl-].[Co+3]. The molecule has 2 aromatic rings. The molecule has 0 saturated carbocycles. The second-order valence-electron chi connectivity index (χ2n) is 7.86. The molecule has 0 radical (unpaired) electrons. The Kier molecular flexibility index (Phi) is 19.1. The zero-order valence-electron chi connectivity index (χ0n) is 21.2. The Hall–Kier alpha value is -0.914. The van der Waals surface area contributed by atoms with Crippen LogP contribution in [0.4, 0.5) is 11.4 Å². The van der Waals surface area contributed by atoms with E-state index >= 15 is 0 Å². The van der Waals surface area contributed by atoms with Crippen LogP contribution in [0.5, 0.6) is 0 Å². The summed E-state index contributed by atoms with van der Waals surface area (Å²) in [6.45, 7) is 16.0. The molecule has 2 rings (SSSR count). The van der Waals surface area contributed by atoms with Gasteiger partial charge in [-0.05, 0) is 36.0 Å². The van der Waals surface area contributed by atoms with Gasteiger partial charge in [0.1, 0.15) is 0 Å². The largest absolute Gasteiger partial charge is 3.00 e. The third-order valence-electron chi connectivity index (χ3n) is 5.92. The summed E-state index contributed by atoms with van der Waals surface area (Å²) in [5, 5.41) is 10.9. The van der Waals surface area contributed by atoms with E-state index in [4.69, 9.17) is 0 Å². The van der Waals surface area contributed by atoms with Crippen LogP contribution in [0.15, 0.2) is 18.2 Å². The van der Waals surface area contributed by atoms with Crippen molar-refractivity contribution >= 4 is 11.4 Å². The second-order valence-corrected chi connectivity index (χ2v) is 7.86. The molecule has 0 heterocycles. The van der Waals surface area contributed by atoms with Crippen molar-refractivity contribution in [2.45, 2.75) is 80.1 Å². The third-order valence-corrected chi connectivity index (χ3v) is 5.92. The fourth-order valence-electron chi connectivity index (χ4n) is 4.07. The molecule has 3 nitrogen and oxygen atoms in total. The topological polar surface area (TPSA) is 36.1 Å². The molecule has 0 atom stereocenters. The number of aryl methyl sites for hydroxylation is 6. The van der Waals surface area contributed by atoms with Gasteiger partial charge in [0, 0.05) is 18.8 Å². The number of rotatable bonds is 13. The first-order valence-electron chi connectivity index (χ1n) is 12.0. The summed E-state index contributed by atoms with van der Waals surface area (Å²) in [7, 11) is 0. The van der Waals surface area contributed by atoms with Crippen LogP contribution in [0.3, 0.4) is 0 Å². The Labute approximate surface area is 225 Å². The van der Waals surface area contributed by atoms with E-state index in [-0.39, 0.29) is 41.6 Å². The molecule has 0 aromatic heterocycles. The van der Waals surface area contributed by atoms with Crippen molar-refractivity contribution < 1.29 is 41.6 Å². The summed E-state index contributed by atoms with van der Waals surface area (Å²) in [5.74, 6) is 0. The van der Waals surface area contributed by atoms with Crippen LogP contribution >= 0.6 is 0 Å². The van der Waals surface area contributed by atoms with Crippen molar-refractivity contribution in [3.63, 3.8) is 0 Å². The fourth-order valence-corrected chi connectivity index (χ4v) is 4.07. The average Bonchev–Trinajstić information content (AvgIpc) is 2.80. The number of nitrogens with one attached hydrogen (secondary N) is 3. The quantitative estimate of drug-likeness (QED) is 0.190. The maximum atomic E-state index is 3.70. The molecule has 188 valence electrons. The smallest absolute Gasteiger partial charge is 1.00 e. The van der Waals surface area contributed by atoms with E-state index < -0.39 is 0 Å². The van der Waals surface area contributed by atoms with Gasteiger partial charge in [-0.1, -0.05) is 78.6 Å². The molecule has 0 saturated heterocycles. The third kappa shape index (κ3) is 9.69. The Morgan fingerprint density at radius 2 is 1.21 bits per heavy atom. The Morgan fingerprint density at radius 1 is 0.636 bits per heavy atom. The zero-order chi connectivity index (χ0) is 21.9. The van der Waals surface area contributed by atoms with Crippen LogP contribution in [-0.2, 0) is 55.3 Å². The molecule has 2 aromatic carbocycles. The molecule has 0 bridgehead atoms. The molecule has 0 aliphatic carbocycles. The van der Waals surface area contributed by atoms with Gasteiger partial charge in [-0.3, -0.25) is 5.32 Å². The van der Waals surface area contributed by atoms with Gasteiger partial charge in [0.05, 0.1) is 6.67 Å². The molecule has 6 heteroatoms. The van der Waals surface area contributed by atoms with Crippen LogP contribution in [-0.4, -0.2) is 19.8 Å². The van der Waals surface area contributed by atoms with Crippen molar-refractivity contribution in [3.8, 4) is 0 Å². The molecule has 0 spiro atoms. The molecule has 0 unspecified atom stereocenters. The Balaban J connectivity index is 0. The van der Waals surface area contributed by atoms with Crippen LogP contribution in [0.2, 0.25) is 0 Å². The van der Waals surface area contributed by atoms with E-state index in [0.29, 0.717) is 0 Å². The van der Waals surface area contributed by atoms with Crippen LogP contribution in [0.25, 0.3) is 0 Å². The molecule has 33 heavy (non-hydrogen) atoms. The van der Waals surface area contributed by atoms with Gasteiger partial charge in [-0.15, -0.1) is 11.1 Å². The van der Waals surface area contributed by atoms with Gasteiger partial charge >= 0.3 is 16.8 Å². The molecule has 3 N–H and O–H groups in total. The predicted molar refractivity (Wildman–Crippen MR) is 133 cm³/mol. The second kappa shape index (κ2) is 18.4. The summed E-state index contributed by atoms with van der Waals surface area (Å²) in [5.41, 5.74) is 11.0. The zero-order valence-corrected chi connectivity index (χ0v) is 23.7. The number of hydrogen-bond acceptors (Lipinski definition) is 3. The van der Waals surface area contributed by atoms with E-state index in [1.807, 2.05) is 0 Å². The summed E-state index contributed by atoms with van der Waals surface area (Å²) in [4.78, 5) is 0. The summed E-state index contributed by atoms with van der Waals surface area (Å²) >= 11 is 0. The summed E-state index contributed by atoms with van der Waals surface area (Å²) in [6.07, 6.45) is 6.35. The molecule has 0 aliphatic heterocycles. The van der Waals surface area contributed by atoms with Crippen molar-refractivity contribution in [1.82, 2.24) is 5.32 Å².